The minimum absolute atomic E-state index is 0.131. The number of Topliss-reactive ketones (excluding diaryl/α,β-unsaturated/α-hetero) is 1. The zero-order chi connectivity index (χ0) is 32.9. The fourth-order valence-corrected chi connectivity index (χ4v) is 3.40. The van der Waals surface area contributed by atoms with Crippen molar-refractivity contribution in [1.29, 1.82) is 0 Å². The first-order valence-electron chi connectivity index (χ1n) is 13.0. The van der Waals surface area contributed by atoms with Crippen molar-refractivity contribution >= 4 is 23.8 Å². The van der Waals surface area contributed by atoms with Gasteiger partial charge in [0.25, 0.3) is 0 Å². The van der Waals surface area contributed by atoms with Crippen molar-refractivity contribution in [2.45, 2.75) is 71.9 Å². The molecule has 14 heteroatoms. The van der Waals surface area contributed by atoms with E-state index in [0.717, 1.165) is 0 Å². The third kappa shape index (κ3) is 14.1. The zero-order valence-electron chi connectivity index (χ0n) is 24.3. The summed E-state index contributed by atoms with van der Waals surface area (Å²) in [5.41, 5.74) is -1.24. The van der Waals surface area contributed by atoms with Crippen LogP contribution in [-0.4, -0.2) is 48.7 Å². The highest BCUT2D eigenvalue weighted by Gasteiger charge is 2.24. The number of ketones is 1. The Morgan fingerprint density at radius 2 is 1.19 bits per heavy atom. The molecule has 0 saturated heterocycles. The number of hydrogen-bond donors (Lipinski definition) is 1. The molecule has 2 aromatic carbocycles. The molecule has 1 amide bonds. The van der Waals surface area contributed by atoms with Crippen molar-refractivity contribution < 1.29 is 59.7 Å². The van der Waals surface area contributed by atoms with E-state index in [1.54, 1.807) is 34.6 Å². The van der Waals surface area contributed by atoms with Crippen molar-refractivity contribution in [3.63, 3.8) is 0 Å². The third-order valence-corrected chi connectivity index (χ3v) is 5.12. The van der Waals surface area contributed by atoms with E-state index < -0.39 is 83.2 Å². The summed E-state index contributed by atoms with van der Waals surface area (Å²) >= 11 is 0. The highest BCUT2D eigenvalue weighted by atomic mass is 19.2. The van der Waals surface area contributed by atoms with Crippen molar-refractivity contribution in [2.75, 3.05) is 13.2 Å². The van der Waals surface area contributed by atoms with Crippen LogP contribution in [0, 0.1) is 34.9 Å². The van der Waals surface area contributed by atoms with Gasteiger partial charge in [-0.25, -0.2) is 31.1 Å². The summed E-state index contributed by atoms with van der Waals surface area (Å²) in [7, 11) is 0. The predicted molar refractivity (Wildman–Crippen MR) is 141 cm³/mol. The number of nitrogens with one attached hydrogen (secondary N) is 1. The Bertz CT molecular complexity index is 1300. The van der Waals surface area contributed by atoms with E-state index in [2.05, 4.69) is 10.1 Å². The maximum atomic E-state index is 13.8. The van der Waals surface area contributed by atoms with Gasteiger partial charge in [-0.15, -0.1) is 0 Å². The molecule has 0 aliphatic carbocycles. The van der Waals surface area contributed by atoms with E-state index in [1.165, 1.54) is 0 Å². The molecule has 1 N–H and O–H groups in total. The third-order valence-electron chi connectivity index (χ3n) is 5.12. The second-order valence-electron chi connectivity index (χ2n) is 9.97. The molecule has 0 spiro atoms. The van der Waals surface area contributed by atoms with Crippen LogP contribution in [0.1, 0.15) is 58.6 Å². The maximum Gasteiger partial charge on any atom is 0.407 e. The number of halogens is 6. The summed E-state index contributed by atoms with van der Waals surface area (Å²) in [6.45, 7) is 8.43. The number of amides is 1. The molecule has 0 heterocycles. The van der Waals surface area contributed by atoms with E-state index in [-0.39, 0.29) is 37.2 Å². The number of esters is 2. The van der Waals surface area contributed by atoms with Gasteiger partial charge in [0.1, 0.15) is 29.4 Å². The topological polar surface area (TPSA) is 108 Å². The molecule has 8 nitrogen and oxygen atoms in total. The van der Waals surface area contributed by atoms with E-state index in [0.29, 0.717) is 24.3 Å². The normalized spacial score (nSPS) is 11.5. The number of carbonyl (C=O) groups is 4. The molecule has 1 atom stereocenters. The van der Waals surface area contributed by atoms with Crippen molar-refractivity contribution in [3.8, 4) is 0 Å². The molecular weight excluding hydrogens is 588 g/mol. The first kappa shape index (κ1) is 36.9. The second-order valence-corrected chi connectivity index (χ2v) is 9.97. The molecule has 2 aromatic rings. The molecule has 0 aliphatic rings. The van der Waals surface area contributed by atoms with Crippen molar-refractivity contribution in [1.82, 2.24) is 5.32 Å². The summed E-state index contributed by atoms with van der Waals surface area (Å²) in [6.07, 6.45) is -2.33. The molecule has 0 radical (unpaired) electrons. The maximum absolute atomic E-state index is 13.8. The van der Waals surface area contributed by atoms with E-state index >= 15 is 0 Å². The average molecular weight is 622 g/mol. The van der Waals surface area contributed by atoms with Crippen LogP contribution in [0.15, 0.2) is 24.3 Å². The molecule has 1 unspecified atom stereocenters. The lowest BCUT2D eigenvalue weighted by Gasteiger charge is -2.23. The van der Waals surface area contributed by atoms with Gasteiger partial charge >= 0.3 is 18.0 Å². The Hall–Kier alpha value is -4.10. The second kappa shape index (κ2) is 17.1. The molecular formula is C29H33F6NO7. The van der Waals surface area contributed by atoms with Gasteiger partial charge < -0.3 is 19.5 Å². The fourth-order valence-electron chi connectivity index (χ4n) is 3.40. The number of rotatable bonds is 11. The molecule has 2 rings (SSSR count). The predicted octanol–water partition coefficient (Wildman–Crippen LogP) is 5.66. The van der Waals surface area contributed by atoms with Gasteiger partial charge in [0.15, 0.2) is 23.3 Å². The lowest BCUT2D eigenvalue weighted by atomic mass is 10.0. The van der Waals surface area contributed by atoms with Gasteiger partial charge in [0.2, 0.25) is 0 Å². The van der Waals surface area contributed by atoms with Gasteiger partial charge in [0, 0.05) is 24.6 Å². The largest absolute Gasteiger partial charge is 0.466 e. The number of ether oxygens (including phenoxy) is 3. The van der Waals surface area contributed by atoms with Crippen LogP contribution in [0.5, 0.6) is 0 Å². The first-order valence-corrected chi connectivity index (χ1v) is 13.0. The molecule has 0 fully saturated rings. The lowest BCUT2D eigenvalue weighted by Crippen LogP contribution is -2.41. The Labute approximate surface area is 244 Å². The average Bonchev–Trinajstić information content (AvgIpc) is 2.85. The van der Waals surface area contributed by atoms with Gasteiger partial charge in [0.05, 0.1) is 19.6 Å². The zero-order valence-corrected chi connectivity index (χ0v) is 24.3. The standard InChI is InChI=1S/C17H22F3NO4.C12H11F3O3/c1-5-24-15(22)8-11(21-16(23)25-17(2,3)4)6-10-7-13(19)14(20)9-12(10)18;1-2-18-12(17)5-8(16)3-7-4-10(14)11(15)6-9(7)13/h7,9,11H,5-6,8H2,1-4H3,(H,21,23);4,6H,2-3,5H2,1H3. The Balaban J connectivity index is 0.000000453. The summed E-state index contributed by atoms with van der Waals surface area (Å²) < 4.78 is 93.3. The van der Waals surface area contributed by atoms with Crippen LogP contribution >= 0.6 is 0 Å². The minimum Gasteiger partial charge on any atom is -0.466 e. The van der Waals surface area contributed by atoms with Crippen LogP contribution < -0.4 is 5.32 Å². The highest BCUT2D eigenvalue weighted by molar-refractivity contribution is 5.96. The molecule has 0 aromatic heterocycles. The SMILES string of the molecule is CCOC(=O)CC(=O)Cc1cc(F)c(F)cc1F.CCOC(=O)CC(Cc1cc(F)c(F)cc1F)NC(=O)OC(C)(C)C. The first-order chi connectivity index (χ1) is 19.9. The fraction of sp³-hybridized carbons (Fsp3) is 0.448. The molecule has 0 aliphatic heterocycles. The van der Waals surface area contributed by atoms with Crippen molar-refractivity contribution in [3.05, 3.63) is 70.3 Å². The quantitative estimate of drug-likeness (QED) is 0.113. The number of hydrogen-bond acceptors (Lipinski definition) is 7. The summed E-state index contributed by atoms with van der Waals surface area (Å²) in [5, 5.41) is 2.43. The van der Waals surface area contributed by atoms with E-state index in [1.807, 2.05) is 0 Å². The Kier molecular flexibility index (Phi) is 14.7. The van der Waals surface area contributed by atoms with Crippen LogP contribution in [0.3, 0.4) is 0 Å². The van der Waals surface area contributed by atoms with Crippen molar-refractivity contribution in [2.24, 2.45) is 0 Å². The number of alkyl carbamates (subject to hydrolysis) is 1. The lowest BCUT2D eigenvalue weighted by molar-refractivity contribution is -0.146. The Morgan fingerprint density at radius 1 is 0.721 bits per heavy atom. The van der Waals surface area contributed by atoms with Gasteiger partial charge in [-0.2, -0.15) is 0 Å². The molecule has 0 saturated carbocycles. The summed E-state index contributed by atoms with van der Waals surface area (Å²) in [6, 6.07) is 1.17. The highest BCUT2D eigenvalue weighted by Crippen LogP contribution is 2.18. The summed E-state index contributed by atoms with van der Waals surface area (Å²) in [5.74, 6) is -9.07. The number of carbonyl (C=O) groups excluding carboxylic acids is 4. The number of benzene rings is 2. The smallest absolute Gasteiger partial charge is 0.407 e. The van der Waals surface area contributed by atoms with E-state index in [4.69, 9.17) is 9.47 Å². The molecule has 0 bridgehead atoms. The monoisotopic (exact) mass is 621 g/mol. The summed E-state index contributed by atoms with van der Waals surface area (Å²) in [4.78, 5) is 45.9. The Morgan fingerprint density at radius 3 is 1.70 bits per heavy atom. The van der Waals surface area contributed by atoms with Crippen LogP contribution in [0.25, 0.3) is 0 Å². The minimum atomic E-state index is -1.32. The van der Waals surface area contributed by atoms with Crippen LogP contribution in [-0.2, 0) is 41.4 Å². The molecule has 238 valence electrons. The van der Waals surface area contributed by atoms with E-state index in [9.17, 15) is 45.5 Å². The van der Waals surface area contributed by atoms with Crippen LogP contribution in [0.4, 0.5) is 31.1 Å². The van der Waals surface area contributed by atoms with Gasteiger partial charge in [-0.3, -0.25) is 14.4 Å². The molecule has 43 heavy (non-hydrogen) atoms. The van der Waals surface area contributed by atoms with Gasteiger partial charge in [-0.1, -0.05) is 0 Å². The van der Waals surface area contributed by atoms with Crippen LogP contribution in [0.2, 0.25) is 0 Å². The van der Waals surface area contributed by atoms with Gasteiger partial charge in [-0.05, 0) is 64.3 Å².